The Kier molecular flexibility index (Phi) is 6.01. The molecule has 0 aliphatic carbocycles. The van der Waals surface area contributed by atoms with Crippen molar-refractivity contribution in [1.29, 1.82) is 0 Å². The van der Waals surface area contributed by atoms with Crippen LogP contribution in [0, 0.1) is 5.92 Å². The number of nitrogens with two attached hydrogens (primary N) is 1. The Bertz CT molecular complexity index is 175. The van der Waals surface area contributed by atoms with Gasteiger partial charge in [-0.1, -0.05) is 19.1 Å². The van der Waals surface area contributed by atoms with Crippen molar-refractivity contribution >= 4 is 5.97 Å². The van der Waals surface area contributed by atoms with Gasteiger partial charge >= 0.3 is 5.97 Å². The highest BCUT2D eigenvalue weighted by Crippen LogP contribution is 2.09. The molecular weight excluding hydrogens is 154 g/mol. The van der Waals surface area contributed by atoms with Crippen LogP contribution in [0.3, 0.4) is 0 Å². The maximum atomic E-state index is 10.6. The minimum atomic E-state index is -0.516. The van der Waals surface area contributed by atoms with Crippen molar-refractivity contribution in [2.45, 2.75) is 19.8 Å². The average Bonchev–Trinajstić information content (AvgIpc) is 2.11. The maximum Gasteiger partial charge on any atom is 0.348 e. The van der Waals surface area contributed by atoms with E-state index < -0.39 is 5.97 Å². The van der Waals surface area contributed by atoms with Gasteiger partial charge in [0.1, 0.15) is 0 Å². The molecule has 0 heterocycles. The summed E-state index contributed by atoms with van der Waals surface area (Å²) in [6.07, 6.45) is 6.80. The van der Waals surface area contributed by atoms with Crippen LogP contribution in [-0.2, 0) is 9.63 Å². The van der Waals surface area contributed by atoms with Crippen LogP contribution in [0.5, 0.6) is 0 Å². The van der Waals surface area contributed by atoms with Gasteiger partial charge in [0.15, 0.2) is 0 Å². The summed E-state index contributed by atoms with van der Waals surface area (Å²) >= 11 is 0. The Labute approximate surface area is 72.8 Å². The summed E-state index contributed by atoms with van der Waals surface area (Å²) in [5, 5.41) is 0. The summed E-state index contributed by atoms with van der Waals surface area (Å²) in [5.74, 6) is 4.49. The van der Waals surface area contributed by atoms with Crippen LogP contribution in [0.15, 0.2) is 24.8 Å². The van der Waals surface area contributed by atoms with Gasteiger partial charge < -0.3 is 4.84 Å². The van der Waals surface area contributed by atoms with E-state index in [1.165, 1.54) is 6.08 Å². The quantitative estimate of drug-likeness (QED) is 0.386. The zero-order valence-corrected chi connectivity index (χ0v) is 7.32. The first-order chi connectivity index (χ1) is 5.74. The minimum Gasteiger partial charge on any atom is -0.370 e. The van der Waals surface area contributed by atoms with E-state index in [0.717, 1.165) is 12.8 Å². The van der Waals surface area contributed by atoms with E-state index in [9.17, 15) is 4.79 Å². The van der Waals surface area contributed by atoms with Gasteiger partial charge in [-0.05, 0) is 18.8 Å². The summed E-state index contributed by atoms with van der Waals surface area (Å²) in [6, 6.07) is 0. The van der Waals surface area contributed by atoms with Crippen molar-refractivity contribution < 1.29 is 9.63 Å². The molecule has 0 saturated heterocycles. The zero-order chi connectivity index (χ0) is 9.40. The Balaban J connectivity index is 3.90. The molecule has 0 aliphatic rings. The highest BCUT2D eigenvalue weighted by Gasteiger charge is 1.99. The predicted octanol–water partition coefficient (Wildman–Crippen LogP) is 1.56. The summed E-state index contributed by atoms with van der Waals surface area (Å²) in [4.78, 5) is 14.5. The van der Waals surface area contributed by atoms with Crippen molar-refractivity contribution in [3.05, 3.63) is 24.8 Å². The maximum absolute atomic E-state index is 10.6. The predicted molar refractivity (Wildman–Crippen MR) is 48.0 cm³/mol. The van der Waals surface area contributed by atoms with Crippen molar-refractivity contribution in [1.82, 2.24) is 0 Å². The first-order valence-electron chi connectivity index (χ1n) is 3.94. The smallest absolute Gasteiger partial charge is 0.348 e. The molecule has 0 aromatic heterocycles. The average molecular weight is 169 g/mol. The van der Waals surface area contributed by atoms with Gasteiger partial charge in [-0.2, -0.15) is 5.90 Å². The highest BCUT2D eigenvalue weighted by atomic mass is 16.7. The van der Waals surface area contributed by atoms with E-state index >= 15 is 0 Å². The third-order valence-corrected chi connectivity index (χ3v) is 1.61. The topological polar surface area (TPSA) is 52.3 Å². The van der Waals surface area contributed by atoms with Crippen molar-refractivity contribution in [3.63, 3.8) is 0 Å². The highest BCUT2D eigenvalue weighted by molar-refractivity contribution is 5.81. The Morgan fingerprint density at radius 1 is 1.75 bits per heavy atom. The molecule has 0 aromatic rings. The van der Waals surface area contributed by atoms with Crippen molar-refractivity contribution in [2.24, 2.45) is 11.8 Å². The lowest BCUT2D eigenvalue weighted by molar-refractivity contribution is -0.138. The fourth-order valence-corrected chi connectivity index (χ4v) is 0.849. The number of carbonyl (C=O) groups is 1. The number of rotatable bonds is 5. The van der Waals surface area contributed by atoms with Gasteiger partial charge in [0, 0.05) is 6.08 Å². The second kappa shape index (κ2) is 6.61. The lowest BCUT2D eigenvalue weighted by Gasteiger charge is -2.04. The molecule has 3 heteroatoms. The largest absolute Gasteiger partial charge is 0.370 e. The summed E-state index contributed by atoms with van der Waals surface area (Å²) in [7, 11) is 0. The Morgan fingerprint density at radius 2 is 2.42 bits per heavy atom. The number of hydrogen-bond donors (Lipinski definition) is 1. The normalized spacial score (nSPS) is 12.8. The molecule has 0 radical (unpaired) electrons. The standard InChI is InChI=1S/C9H15NO2/c1-3-5-8(4-2)6-7-9(11)12-10/h3,6-8H,1,4-5,10H2,2H3/b7-6+. The molecule has 0 amide bonds. The zero-order valence-electron chi connectivity index (χ0n) is 7.32. The molecule has 0 aromatic carbocycles. The molecule has 0 saturated carbocycles. The van der Waals surface area contributed by atoms with E-state index in [4.69, 9.17) is 0 Å². The first-order valence-corrected chi connectivity index (χ1v) is 3.94. The number of allylic oxidation sites excluding steroid dienone is 2. The Morgan fingerprint density at radius 3 is 2.83 bits per heavy atom. The van der Waals surface area contributed by atoms with E-state index in [-0.39, 0.29) is 0 Å². The SMILES string of the molecule is C=CCC(/C=C/C(=O)ON)CC. The van der Waals surface area contributed by atoms with Crippen LogP contribution in [0.1, 0.15) is 19.8 Å². The molecule has 0 bridgehead atoms. The molecule has 0 spiro atoms. The third-order valence-electron chi connectivity index (χ3n) is 1.61. The van der Waals surface area contributed by atoms with E-state index in [1.807, 2.05) is 13.0 Å². The third kappa shape index (κ3) is 4.68. The molecule has 3 nitrogen and oxygen atoms in total. The summed E-state index contributed by atoms with van der Waals surface area (Å²) in [5.41, 5.74) is 0. The molecule has 1 unspecified atom stereocenters. The fourth-order valence-electron chi connectivity index (χ4n) is 0.849. The van der Waals surface area contributed by atoms with Gasteiger partial charge in [0.05, 0.1) is 0 Å². The molecule has 2 N–H and O–H groups in total. The van der Waals surface area contributed by atoms with E-state index in [2.05, 4.69) is 17.3 Å². The second-order valence-electron chi connectivity index (χ2n) is 2.49. The van der Waals surface area contributed by atoms with Gasteiger partial charge in [0.2, 0.25) is 0 Å². The van der Waals surface area contributed by atoms with Crippen LogP contribution in [-0.4, -0.2) is 5.97 Å². The molecule has 68 valence electrons. The minimum absolute atomic E-state index is 0.349. The lowest BCUT2D eigenvalue weighted by atomic mass is 10.0. The lowest BCUT2D eigenvalue weighted by Crippen LogP contribution is -2.06. The fraction of sp³-hybridized carbons (Fsp3) is 0.444. The number of hydrogen-bond acceptors (Lipinski definition) is 3. The van der Waals surface area contributed by atoms with Crippen LogP contribution >= 0.6 is 0 Å². The van der Waals surface area contributed by atoms with Crippen LogP contribution in [0.2, 0.25) is 0 Å². The monoisotopic (exact) mass is 169 g/mol. The molecule has 12 heavy (non-hydrogen) atoms. The second-order valence-corrected chi connectivity index (χ2v) is 2.49. The molecule has 0 fully saturated rings. The first kappa shape index (κ1) is 10.9. The number of carbonyl (C=O) groups excluding carboxylic acids is 1. The Hall–Kier alpha value is -1.09. The van der Waals surface area contributed by atoms with Crippen molar-refractivity contribution in [2.75, 3.05) is 0 Å². The van der Waals surface area contributed by atoms with Gasteiger partial charge in [-0.15, -0.1) is 6.58 Å². The molecular formula is C9H15NO2. The van der Waals surface area contributed by atoms with Crippen molar-refractivity contribution in [3.8, 4) is 0 Å². The van der Waals surface area contributed by atoms with Crippen LogP contribution < -0.4 is 5.90 Å². The molecule has 1 atom stereocenters. The van der Waals surface area contributed by atoms with E-state index in [0.29, 0.717) is 5.92 Å². The molecule has 0 aliphatic heterocycles. The van der Waals surface area contributed by atoms with Crippen LogP contribution in [0.25, 0.3) is 0 Å². The van der Waals surface area contributed by atoms with Gasteiger partial charge in [-0.3, -0.25) is 0 Å². The van der Waals surface area contributed by atoms with E-state index in [1.54, 1.807) is 6.08 Å². The molecule has 0 rings (SSSR count). The van der Waals surface area contributed by atoms with Crippen LogP contribution in [0.4, 0.5) is 0 Å². The van der Waals surface area contributed by atoms with Gasteiger partial charge in [-0.25, -0.2) is 4.79 Å². The summed E-state index contributed by atoms with van der Waals surface area (Å²) < 4.78 is 0. The summed E-state index contributed by atoms with van der Waals surface area (Å²) in [6.45, 7) is 5.67. The van der Waals surface area contributed by atoms with Gasteiger partial charge in [0.25, 0.3) is 0 Å².